The first-order valence-electron chi connectivity index (χ1n) is 10.3. The van der Waals surface area contributed by atoms with Crippen LogP contribution >= 0.6 is 12.4 Å². The maximum absolute atomic E-state index is 6.16. The van der Waals surface area contributed by atoms with Gasteiger partial charge in [0.05, 0.1) is 5.69 Å². The van der Waals surface area contributed by atoms with Gasteiger partial charge in [0.1, 0.15) is 11.3 Å². The lowest BCUT2D eigenvalue weighted by Gasteiger charge is -2.31. The molecule has 0 bridgehead atoms. The Morgan fingerprint density at radius 3 is 2.50 bits per heavy atom. The van der Waals surface area contributed by atoms with E-state index in [9.17, 15) is 0 Å². The maximum Gasteiger partial charge on any atom is 0.156 e. The molecule has 0 aliphatic carbocycles. The van der Waals surface area contributed by atoms with Crippen LogP contribution in [-0.2, 0) is 6.54 Å². The quantitative estimate of drug-likeness (QED) is 0.497. The number of hydrogen-bond donors (Lipinski definition) is 1. The summed E-state index contributed by atoms with van der Waals surface area (Å²) in [5, 5.41) is 9.44. The number of aromatic nitrogens is 2. The van der Waals surface area contributed by atoms with Gasteiger partial charge in [-0.25, -0.2) is 4.68 Å². The molecule has 5 rings (SSSR count). The molecule has 0 radical (unpaired) electrons. The van der Waals surface area contributed by atoms with E-state index >= 15 is 0 Å². The van der Waals surface area contributed by atoms with Crippen molar-refractivity contribution in [1.82, 2.24) is 20.0 Å². The molecule has 1 fully saturated rings. The Kier molecular flexibility index (Phi) is 6.23. The van der Waals surface area contributed by atoms with E-state index in [4.69, 9.17) is 9.52 Å². The number of furan rings is 1. The van der Waals surface area contributed by atoms with Crippen molar-refractivity contribution >= 4 is 23.4 Å². The van der Waals surface area contributed by atoms with E-state index in [1.54, 1.807) is 0 Å². The fraction of sp³-hybridized carbons (Fsp3) is 0.292. The highest BCUT2D eigenvalue weighted by molar-refractivity contribution is 5.85. The molecule has 156 valence electrons. The van der Waals surface area contributed by atoms with E-state index in [-0.39, 0.29) is 12.4 Å². The number of piperidine rings is 1. The molecule has 2 aromatic heterocycles. The van der Waals surface area contributed by atoms with Crippen LogP contribution in [0.5, 0.6) is 0 Å². The zero-order valence-electron chi connectivity index (χ0n) is 17.1. The second-order valence-electron chi connectivity index (χ2n) is 7.77. The minimum absolute atomic E-state index is 0. The number of benzene rings is 2. The molecule has 0 spiro atoms. The van der Waals surface area contributed by atoms with Crippen LogP contribution in [0.1, 0.15) is 18.4 Å². The van der Waals surface area contributed by atoms with Crippen molar-refractivity contribution < 1.29 is 4.42 Å². The highest BCUT2D eigenvalue weighted by Crippen LogP contribution is 2.31. The number of hydrogen-bond acceptors (Lipinski definition) is 4. The molecule has 1 aliphatic rings. The number of nitrogens with zero attached hydrogens (tertiary/aromatic N) is 3. The van der Waals surface area contributed by atoms with E-state index in [2.05, 4.69) is 47.7 Å². The van der Waals surface area contributed by atoms with Crippen LogP contribution in [0.3, 0.4) is 0 Å². The predicted molar refractivity (Wildman–Crippen MR) is 123 cm³/mol. The summed E-state index contributed by atoms with van der Waals surface area (Å²) in [6, 6.07) is 21.1. The van der Waals surface area contributed by atoms with E-state index < -0.39 is 0 Å². The van der Waals surface area contributed by atoms with Gasteiger partial charge >= 0.3 is 0 Å². The van der Waals surface area contributed by atoms with Crippen molar-refractivity contribution in [3.63, 3.8) is 0 Å². The number of nitrogens with one attached hydrogen (secondary N) is 1. The molecular formula is C24H27ClN4O. The summed E-state index contributed by atoms with van der Waals surface area (Å²) in [6.07, 6.45) is 4.52. The molecule has 30 heavy (non-hydrogen) atoms. The Hall–Kier alpha value is -2.60. The molecular weight excluding hydrogens is 396 g/mol. The van der Waals surface area contributed by atoms with Crippen LogP contribution < -0.4 is 5.32 Å². The van der Waals surface area contributed by atoms with Gasteiger partial charge in [-0.2, -0.15) is 5.10 Å². The smallest absolute Gasteiger partial charge is 0.156 e. The summed E-state index contributed by atoms with van der Waals surface area (Å²) in [5.74, 6) is 0.834. The number of halogens is 1. The standard InChI is InChI=1S/C24H26N4O.ClH/c1-25-20-11-13-27(14-12-20)16-19-17-28(21-8-3-2-4-9-21)26-24(19)23-15-18-7-5-6-10-22(18)29-23;/h2-10,15,17,20,25H,11-14,16H2,1H3;1H. The number of para-hydroxylation sites is 2. The highest BCUT2D eigenvalue weighted by atomic mass is 35.5. The van der Waals surface area contributed by atoms with E-state index in [1.165, 1.54) is 18.4 Å². The van der Waals surface area contributed by atoms with Gasteiger partial charge in [0.15, 0.2) is 5.76 Å². The third kappa shape index (κ3) is 4.15. The minimum Gasteiger partial charge on any atom is -0.454 e. The lowest BCUT2D eigenvalue weighted by Crippen LogP contribution is -2.40. The van der Waals surface area contributed by atoms with Crippen LogP contribution in [0.25, 0.3) is 28.1 Å². The number of likely N-dealkylation sites (tertiary alicyclic amines) is 1. The van der Waals surface area contributed by atoms with E-state index in [0.717, 1.165) is 47.7 Å². The first-order chi connectivity index (χ1) is 14.3. The predicted octanol–water partition coefficient (Wildman–Crippen LogP) is 4.89. The Labute approximate surface area is 183 Å². The molecule has 1 saturated heterocycles. The number of rotatable bonds is 5. The Morgan fingerprint density at radius 2 is 1.77 bits per heavy atom. The summed E-state index contributed by atoms with van der Waals surface area (Å²) in [5.41, 5.74) is 4.10. The minimum atomic E-state index is 0. The van der Waals surface area contributed by atoms with Gasteiger partial charge in [-0.05, 0) is 57.2 Å². The zero-order valence-corrected chi connectivity index (χ0v) is 17.9. The number of fused-ring (bicyclic) bond motifs is 1. The normalized spacial score (nSPS) is 15.4. The van der Waals surface area contributed by atoms with Gasteiger partial charge in [-0.1, -0.05) is 36.4 Å². The largest absolute Gasteiger partial charge is 0.454 e. The molecule has 5 nitrogen and oxygen atoms in total. The zero-order chi connectivity index (χ0) is 19.6. The molecule has 3 heterocycles. The lowest BCUT2D eigenvalue weighted by molar-refractivity contribution is 0.194. The highest BCUT2D eigenvalue weighted by Gasteiger charge is 2.22. The van der Waals surface area contributed by atoms with Crippen LogP contribution in [0, 0.1) is 0 Å². The Bertz CT molecular complexity index is 1060. The van der Waals surface area contributed by atoms with Crippen molar-refractivity contribution in [2.45, 2.75) is 25.4 Å². The molecule has 1 aliphatic heterocycles. The summed E-state index contributed by atoms with van der Waals surface area (Å²) in [7, 11) is 2.06. The first-order valence-corrected chi connectivity index (χ1v) is 10.3. The van der Waals surface area contributed by atoms with E-state index in [1.807, 2.05) is 41.1 Å². The topological polar surface area (TPSA) is 46.2 Å². The maximum atomic E-state index is 6.16. The van der Waals surface area contributed by atoms with Crippen LogP contribution in [0.15, 0.2) is 71.3 Å². The molecule has 1 N–H and O–H groups in total. The van der Waals surface area contributed by atoms with Crippen LogP contribution in [0.2, 0.25) is 0 Å². The molecule has 4 aromatic rings. The Morgan fingerprint density at radius 1 is 1.03 bits per heavy atom. The third-order valence-corrected chi connectivity index (χ3v) is 5.86. The van der Waals surface area contributed by atoms with Gasteiger partial charge in [0, 0.05) is 29.7 Å². The summed E-state index contributed by atoms with van der Waals surface area (Å²) < 4.78 is 8.13. The summed E-state index contributed by atoms with van der Waals surface area (Å²) >= 11 is 0. The average Bonchev–Trinajstić information content (AvgIpc) is 3.39. The second kappa shape index (κ2) is 9.04. The first kappa shape index (κ1) is 20.7. The Balaban J connectivity index is 0.00000218. The SMILES string of the molecule is CNC1CCN(Cc2cn(-c3ccccc3)nc2-c2cc3ccccc3o2)CC1.Cl. The molecule has 2 aromatic carbocycles. The van der Waals surface area contributed by atoms with Crippen molar-refractivity contribution in [2.75, 3.05) is 20.1 Å². The van der Waals surface area contributed by atoms with Crippen LogP contribution in [-0.4, -0.2) is 40.9 Å². The second-order valence-corrected chi connectivity index (χ2v) is 7.77. The average molecular weight is 423 g/mol. The lowest BCUT2D eigenvalue weighted by atomic mass is 10.0. The van der Waals surface area contributed by atoms with Gasteiger partial charge in [-0.15, -0.1) is 12.4 Å². The van der Waals surface area contributed by atoms with Gasteiger partial charge in [0.25, 0.3) is 0 Å². The fourth-order valence-corrected chi connectivity index (χ4v) is 4.17. The van der Waals surface area contributed by atoms with Crippen molar-refractivity contribution in [3.8, 4) is 17.1 Å². The van der Waals surface area contributed by atoms with Crippen molar-refractivity contribution in [3.05, 3.63) is 72.4 Å². The van der Waals surface area contributed by atoms with Crippen molar-refractivity contribution in [1.29, 1.82) is 0 Å². The molecule has 0 saturated carbocycles. The van der Waals surface area contributed by atoms with Gasteiger partial charge in [-0.3, -0.25) is 4.90 Å². The van der Waals surface area contributed by atoms with Crippen molar-refractivity contribution in [2.24, 2.45) is 0 Å². The van der Waals surface area contributed by atoms with Crippen LogP contribution in [0.4, 0.5) is 0 Å². The van der Waals surface area contributed by atoms with E-state index in [0.29, 0.717) is 6.04 Å². The molecule has 0 amide bonds. The molecule has 6 heteroatoms. The van der Waals surface area contributed by atoms with Gasteiger partial charge in [0.2, 0.25) is 0 Å². The third-order valence-electron chi connectivity index (χ3n) is 5.86. The molecule has 0 atom stereocenters. The molecule has 0 unspecified atom stereocenters. The monoisotopic (exact) mass is 422 g/mol. The fourth-order valence-electron chi connectivity index (χ4n) is 4.17. The summed E-state index contributed by atoms with van der Waals surface area (Å²) in [4.78, 5) is 2.52. The van der Waals surface area contributed by atoms with Gasteiger partial charge < -0.3 is 9.73 Å². The summed E-state index contributed by atoms with van der Waals surface area (Å²) in [6.45, 7) is 3.08.